The summed E-state index contributed by atoms with van der Waals surface area (Å²) in [5.74, 6) is -1.15. The zero-order chi connectivity index (χ0) is 20.6. The van der Waals surface area contributed by atoms with Gasteiger partial charge < -0.3 is 14.8 Å². The first-order valence-corrected chi connectivity index (χ1v) is 8.01. The molecule has 0 aliphatic heterocycles. The highest BCUT2D eigenvalue weighted by molar-refractivity contribution is 5.95. The van der Waals surface area contributed by atoms with E-state index in [9.17, 15) is 27.6 Å². The lowest BCUT2D eigenvalue weighted by Crippen LogP contribution is -2.44. The quantitative estimate of drug-likeness (QED) is 0.698. The van der Waals surface area contributed by atoms with Crippen molar-refractivity contribution in [2.75, 3.05) is 19.8 Å². The monoisotopic (exact) mass is 390 g/mol. The van der Waals surface area contributed by atoms with Crippen LogP contribution in [0.5, 0.6) is 5.75 Å². The molecule has 0 heterocycles. The van der Waals surface area contributed by atoms with Crippen LogP contribution in [0.3, 0.4) is 0 Å². The molecule has 0 aliphatic rings. The third-order valence-electron chi connectivity index (χ3n) is 3.29. The van der Waals surface area contributed by atoms with Crippen molar-refractivity contribution in [1.29, 1.82) is 0 Å². The maximum Gasteiger partial charge on any atom is 0.405 e. The molecule has 1 aromatic rings. The second-order valence-electron chi connectivity index (χ2n) is 5.97. The Labute approximate surface area is 154 Å². The smallest absolute Gasteiger partial charge is 0.405 e. The van der Waals surface area contributed by atoms with Gasteiger partial charge in [-0.25, -0.2) is 9.59 Å². The fourth-order valence-electron chi connectivity index (χ4n) is 2.10. The molecule has 10 heteroatoms. The summed E-state index contributed by atoms with van der Waals surface area (Å²) in [6.45, 7) is 3.13. The predicted octanol–water partition coefficient (Wildman–Crippen LogP) is 2.43. The summed E-state index contributed by atoms with van der Waals surface area (Å²) >= 11 is 0. The number of benzene rings is 1. The molecule has 1 rings (SSSR count). The van der Waals surface area contributed by atoms with Crippen molar-refractivity contribution in [2.24, 2.45) is 0 Å². The molecule has 27 heavy (non-hydrogen) atoms. The normalized spacial score (nSPS) is 11.1. The Hall–Kier alpha value is -2.78. The number of carbonyl (C=O) groups excluding carboxylic acids is 3. The average molecular weight is 390 g/mol. The third-order valence-corrected chi connectivity index (χ3v) is 3.29. The van der Waals surface area contributed by atoms with Gasteiger partial charge in [0.2, 0.25) is 0 Å². The molecular weight excluding hydrogens is 369 g/mol. The van der Waals surface area contributed by atoms with Gasteiger partial charge in [0.1, 0.15) is 12.3 Å². The van der Waals surface area contributed by atoms with Crippen molar-refractivity contribution in [1.82, 2.24) is 10.6 Å². The molecular formula is C17H21F3N2O5. The van der Waals surface area contributed by atoms with E-state index in [-0.39, 0.29) is 0 Å². The van der Waals surface area contributed by atoms with E-state index in [1.807, 2.05) is 13.0 Å². The summed E-state index contributed by atoms with van der Waals surface area (Å²) in [5, 5.41) is 3.04. The molecule has 0 atom stereocenters. The number of alkyl halides is 3. The van der Waals surface area contributed by atoms with Crippen LogP contribution in [0.2, 0.25) is 0 Å². The molecule has 7 nitrogen and oxygen atoms in total. The van der Waals surface area contributed by atoms with E-state index in [0.717, 1.165) is 11.1 Å². The summed E-state index contributed by atoms with van der Waals surface area (Å²) in [5.41, 5.74) is 2.14. The van der Waals surface area contributed by atoms with Gasteiger partial charge in [0.15, 0.2) is 13.2 Å². The van der Waals surface area contributed by atoms with E-state index in [0.29, 0.717) is 11.7 Å². The van der Waals surface area contributed by atoms with Crippen LogP contribution in [0.4, 0.5) is 18.0 Å². The number of rotatable bonds is 7. The number of halogens is 3. The van der Waals surface area contributed by atoms with Crippen LogP contribution in [-0.4, -0.2) is 43.8 Å². The first-order chi connectivity index (χ1) is 12.5. The molecule has 0 saturated carbocycles. The van der Waals surface area contributed by atoms with Crippen molar-refractivity contribution in [3.05, 3.63) is 29.3 Å². The molecule has 0 bridgehead atoms. The average Bonchev–Trinajstić information content (AvgIpc) is 2.55. The van der Waals surface area contributed by atoms with Crippen LogP contribution < -0.4 is 15.4 Å². The number of amides is 3. The van der Waals surface area contributed by atoms with Gasteiger partial charge in [-0.1, -0.05) is 19.9 Å². The number of hydrogen-bond acceptors (Lipinski definition) is 5. The van der Waals surface area contributed by atoms with E-state index < -0.39 is 43.8 Å². The van der Waals surface area contributed by atoms with E-state index in [1.165, 1.54) is 5.32 Å². The second-order valence-corrected chi connectivity index (χ2v) is 5.97. The van der Waals surface area contributed by atoms with Crippen LogP contribution >= 0.6 is 0 Å². The summed E-state index contributed by atoms with van der Waals surface area (Å²) in [4.78, 5) is 33.9. The number of carbonyl (C=O) groups is 3. The number of esters is 1. The summed E-state index contributed by atoms with van der Waals surface area (Å²) in [7, 11) is 0. The molecule has 150 valence electrons. The number of hydrogen-bond donors (Lipinski definition) is 2. The summed E-state index contributed by atoms with van der Waals surface area (Å²) in [6.07, 6.45) is -4.60. The highest BCUT2D eigenvalue weighted by atomic mass is 19.4. The Morgan fingerprint density at radius 1 is 1.15 bits per heavy atom. The SMILES string of the molecule is Cc1cc(OCC(=O)OCC(=O)NC(=O)NCC(F)(F)F)ccc1C(C)C. The lowest BCUT2D eigenvalue weighted by molar-refractivity contribution is -0.150. The first kappa shape index (κ1) is 22.3. The van der Waals surface area contributed by atoms with Crippen molar-refractivity contribution in [3.63, 3.8) is 0 Å². The third kappa shape index (κ3) is 8.93. The van der Waals surface area contributed by atoms with Crippen LogP contribution in [0.15, 0.2) is 18.2 Å². The molecule has 3 amide bonds. The minimum Gasteiger partial charge on any atom is -0.482 e. The van der Waals surface area contributed by atoms with Crippen molar-refractivity contribution in [3.8, 4) is 5.75 Å². The maximum absolute atomic E-state index is 11.9. The van der Waals surface area contributed by atoms with Crippen LogP contribution in [0.1, 0.15) is 30.9 Å². The predicted molar refractivity (Wildman–Crippen MR) is 89.3 cm³/mol. The zero-order valence-corrected chi connectivity index (χ0v) is 15.1. The standard InChI is InChI=1S/C17H21F3N2O5/c1-10(2)13-5-4-12(6-11(13)3)26-8-15(24)27-7-14(23)22-16(25)21-9-17(18,19)20/h4-6,10H,7-9H2,1-3H3,(H2,21,22,23,25). The van der Waals surface area contributed by atoms with Gasteiger partial charge in [0, 0.05) is 0 Å². The van der Waals surface area contributed by atoms with Crippen molar-refractivity contribution < 1.29 is 37.0 Å². The molecule has 0 aliphatic carbocycles. The molecule has 0 unspecified atom stereocenters. The topological polar surface area (TPSA) is 93.7 Å². The Bertz CT molecular complexity index is 690. The van der Waals surface area contributed by atoms with Gasteiger partial charge in [0.25, 0.3) is 5.91 Å². The van der Waals surface area contributed by atoms with E-state index >= 15 is 0 Å². The second kappa shape index (κ2) is 9.79. The van der Waals surface area contributed by atoms with Crippen LogP contribution in [0, 0.1) is 6.92 Å². The van der Waals surface area contributed by atoms with Gasteiger partial charge >= 0.3 is 18.2 Å². The number of nitrogens with one attached hydrogen (secondary N) is 2. The van der Waals surface area contributed by atoms with Crippen LogP contribution in [0.25, 0.3) is 0 Å². The molecule has 0 saturated heterocycles. The minimum atomic E-state index is -4.60. The van der Waals surface area contributed by atoms with Gasteiger partial charge in [-0.05, 0) is 36.1 Å². The largest absolute Gasteiger partial charge is 0.482 e. The molecule has 0 spiro atoms. The number of ether oxygens (including phenoxy) is 2. The highest BCUT2D eigenvalue weighted by Crippen LogP contribution is 2.23. The number of imide groups is 1. The summed E-state index contributed by atoms with van der Waals surface area (Å²) < 4.78 is 45.6. The lowest BCUT2D eigenvalue weighted by Gasteiger charge is -2.12. The summed E-state index contributed by atoms with van der Waals surface area (Å²) in [6, 6.07) is 4.01. The Balaban J connectivity index is 2.33. The van der Waals surface area contributed by atoms with Gasteiger partial charge in [-0.15, -0.1) is 0 Å². The van der Waals surface area contributed by atoms with E-state index in [4.69, 9.17) is 4.74 Å². The van der Waals surface area contributed by atoms with Crippen molar-refractivity contribution in [2.45, 2.75) is 32.9 Å². The molecule has 0 aromatic heterocycles. The Kier molecular flexibility index (Phi) is 8.07. The van der Waals surface area contributed by atoms with Gasteiger partial charge in [-0.2, -0.15) is 13.2 Å². The lowest BCUT2D eigenvalue weighted by atomic mass is 9.98. The van der Waals surface area contributed by atoms with Crippen molar-refractivity contribution >= 4 is 17.9 Å². The molecule has 2 N–H and O–H groups in total. The van der Waals surface area contributed by atoms with Crippen LogP contribution in [-0.2, 0) is 14.3 Å². The fraction of sp³-hybridized carbons (Fsp3) is 0.471. The Morgan fingerprint density at radius 2 is 1.81 bits per heavy atom. The van der Waals surface area contributed by atoms with E-state index in [2.05, 4.69) is 18.6 Å². The zero-order valence-electron chi connectivity index (χ0n) is 15.1. The highest BCUT2D eigenvalue weighted by Gasteiger charge is 2.28. The van der Waals surface area contributed by atoms with Gasteiger partial charge in [0.05, 0.1) is 0 Å². The number of aryl methyl sites for hydroxylation is 1. The number of urea groups is 1. The molecule has 0 fully saturated rings. The maximum atomic E-state index is 11.9. The van der Waals surface area contributed by atoms with Gasteiger partial charge in [-0.3, -0.25) is 10.1 Å². The minimum absolute atomic E-state index is 0.343. The first-order valence-electron chi connectivity index (χ1n) is 8.01. The molecule has 1 aromatic carbocycles. The Morgan fingerprint density at radius 3 is 2.37 bits per heavy atom. The van der Waals surface area contributed by atoms with E-state index in [1.54, 1.807) is 17.4 Å². The molecule has 0 radical (unpaired) electrons. The fourth-order valence-corrected chi connectivity index (χ4v) is 2.10.